The van der Waals surface area contributed by atoms with E-state index in [-0.39, 0.29) is 6.10 Å². The van der Waals surface area contributed by atoms with Crippen molar-refractivity contribution in [3.8, 4) is 0 Å². The Bertz CT molecular complexity index is 566. The topological polar surface area (TPSA) is 48.0 Å². The summed E-state index contributed by atoms with van der Waals surface area (Å²) in [6.45, 7) is 1.71. The Balaban J connectivity index is 1.62. The van der Waals surface area contributed by atoms with E-state index in [0.29, 0.717) is 5.92 Å². The number of aromatic nitrogens is 1. The molecule has 1 heterocycles. The van der Waals surface area contributed by atoms with Gasteiger partial charge in [-0.1, -0.05) is 24.1 Å². The van der Waals surface area contributed by atoms with Crippen LogP contribution < -0.4 is 5.32 Å². The highest BCUT2D eigenvalue weighted by atomic mass is 35.5. The average molecular weight is 279 g/mol. The molecule has 1 saturated carbocycles. The maximum absolute atomic E-state index is 9.79. The molecule has 1 aliphatic carbocycles. The molecule has 3 rings (SSSR count). The molecule has 0 spiro atoms. The van der Waals surface area contributed by atoms with Gasteiger partial charge < -0.3 is 15.4 Å². The lowest BCUT2D eigenvalue weighted by Gasteiger charge is -2.14. The standard InChI is InChI=1S/C15H19ClN2O/c16-12-4-5-13-11(9-18-14(13)6-12)8-17-7-10-2-1-3-15(10)19/h4-6,9-10,15,17-19H,1-3,7-8H2. The molecule has 2 unspecified atom stereocenters. The third-order valence-electron chi connectivity index (χ3n) is 4.07. The Morgan fingerprint density at radius 3 is 3.05 bits per heavy atom. The van der Waals surface area contributed by atoms with Crippen LogP contribution in [0.4, 0.5) is 0 Å². The van der Waals surface area contributed by atoms with Gasteiger partial charge in [-0.15, -0.1) is 0 Å². The lowest BCUT2D eigenvalue weighted by molar-refractivity contribution is 0.131. The zero-order valence-electron chi connectivity index (χ0n) is 10.8. The molecular weight excluding hydrogens is 260 g/mol. The molecule has 0 bridgehead atoms. The Hall–Kier alpha value is -1.03. The fraction of sp³-hybridized carbons (Fsp3) is 0.467. The minimum atomic E-state index is -0.116. The third kappa shape index (κ3) is 2.78. The molecule has 0 radical (unpaired) electrons. The molecule has 0 aliphatic heterocycles. The van der Waals surface area contributed by atoms with E-state index in [4.69, 9.17) is 11.6 Å². The fourth-order valence-electron chi connectivity index (χ4n) is 2.95. The van der Waals surface area contributed by atoms with Crippen LogP contribution in [0.25, 0.3) is 10.9 Å². The van der Waals surface area contributed by atoms with Gasteiger partial charge in [0.25, 0.3) is 0 Å². The van der Waals surface area contributed by atoms with Crippen molar-refractivity contribution >= 4 is 22.5 Å². The van der Waals surface area contributed by atoms with Crippen molar-refractivity contribution in [1.29, 1.82) is 0 Å². The first kappa shape index (κ1) is 13.0. The zero-order valence-corrected chi connectivity index (χ0v) is 11.6. The van der Waals surface area contributed by atoms with Crippen molar-refractivity contribution in [3.05, 3.63) is 35.0 Å². The van der Waals surface area contributed by atoms with Gasteiger partial charge in [0.2, 0.25) is 0 Å². The van der Waals surface area contributed by atoms with Gasteiger partial charge in [0.15, 0.2) is 0 Å². The Labute approximate surface area is 118 Å². The van der Waals surface area contributed by atoms with Crippen molar-refractivity contribution < 1.29 is 5.11 Å². The minimum Gasteiger partial charge on any atom is -0.393 e. The number of hydrogen-bond acceptors (Lipinski definition) is 2. The molecule has 1 aromatic heterocycles. The molecule has 1 fully saturated rings. The quantitative estimate of drug-likeness (QED) is 0.805. The third-order valence-corrected chi connectivity index (χ3v) is 4.31. The van der Waals surface area contributed by atoms with Crippen molar-refractivity contribution in [3.63, 3.8) is 0 Å². The summed E-state index contributed by atoms with van der Waals surface area (Å²) in [5, 5.41) is 15.2. The Kier molecular flexibility index (Phi) is 3.78. The summed E-state index contributed by atoms with van der Waals surface area (Å²) >= 11 is 5.97. The molecule has 2 aromatic rings. The maximum atomic E-state index is 9.79. The number of nitrogens with one attached hydrogen (secondary N) is 2. The number of aliphatic hydroxyl groups excluding tert-OH is 1. The van der Waals surface area contributed by atoms with E-state index < -0.39 is 0 Å². The lowest BCUT2D eigenvalue weighted by Crippen LogP contribution is -2.27. The molecule has 0 saturated heterocycles. The molecule has 0 amide bonds. The van der Waals surface area contributed by atoms with Crippen LogP contribution in [0.2, 0.25) is 5.02 Å². The van der Waals surface area contributed by atoms with Crippen LogP contribution in [-0.4, -0.2) is 22.7 Å². The first-order chi connectivity index (χ1) is 9.24. The summed E-state index contributed by atoms with van der Waals surface area (Å²) in [5.74, 6) is 0.416. The van der Waals surface area contributed by atoms with Gasteiger partial charge in [-0.05, 0) is 36.5 Å². The van der Waals surface area contributed by atoms with Gasteiger partial charge in [0.05, 0.1) is 6.10 Å². The molecule has 3 nitrogen and oxygen atoms in total. The summed E-state index contributed by atoms with van der Waals surface area (Å²) in [6, 6.07) is 5.92. The lowest BCUT2D eigenvalue weighted by atomic mass is 10.1. The number of aromatic amines is 1. The number of halogens is 1. The fourth-order valence-corrected chi connectivity index (χ4v) is 3.12. The number of benzene rings is 1. The van der Waals surface area contributed by atoms with Gasteiger partial charge in [0.1, 0.15) is 0 Å². The van der Waals surface area contributed by atoms with E-state index in [9.17, 15) is 5.11 Å². The van der Waals surface area contributed by atoms with Crippen molar-refractivity contribution in [1.82, 2.24) is 10.3 Å². The molecule has 1 aromatic carbocycles. The van der Waals surface area contributed by atoms with Crippen molar-refractivity contribution in [2.24, 2.45) is 5.92 Å². The van der Waals surface area contributed by atoms with Crippen LogP contribution in [0.3, 0.4) is 0 Å². The smallest absolute Gasteiger partial charge is 0.0580 e. The van der Waals surface area contributed by atoms with E-state index in [1.807, 2.05) is 18.3 Å². The van der Waals surface area contributed by atoms with Crippen LogP contribution in [0.15, 0.2) is 24.4 Å². The first-order valence-corrected chi connectivity index (χ1v) is 7.26. The van der Waals surface area contributed by atoms with E-state index in [0.717, 1.165) is 42.9 Å². The summed E-state index contributed by atoms with van der Waals surface area (Å²) in [4.78, 5) is 3.24. The van der Waals surface area contributed by atoms with E-state index in [1.54, 1.807) is 0 Å². The van der Waals surface area contributed by atoms with E-state index in [1.165, 1.54) is 10.9 Å². The highest BCUT2D eigenvalue weighted by Crippen LogP contribution is 2.25. The van der Waals surface area contributed by atoms with Crippen LogP contribution >= 0.6 is 11.6 Å². The summed E-state index contributed by atoms with van der Waals surface area (Å²) in [7, 11) is 0. The van der Waals surface area contributed by atoms with E-state index in [2.05, 4.69) is 16.4 Å². The molecule has 19 heavy (non-hydrogen) atoms. The van der Waals surface area contributed by atoms with Crippen LogP contribution in [0.1, 0.15) is 24.8 Å². The molecule has 2 atom stereocenters. The highest BCUT2D eigenvalue weighted by molar-refractivity contribution is 6.31. The Morgan fingerprint density at radius 1 is 1.37 bits per heavy atom. The molecule has 3 N–H and O–H groups in total. The monoisotopic (exact) mass is 278 g/mol. The number of fused-ring (bicyclic) bond motifs is 1. The van der Waals surface area contributed by atoms with Gasteiger partial charge in [-0.3, -0.25) is 0 Å². The predicted octanol–water partition coefficient (Wildman–Crippen LogP) is 3.07. The average Bonchev–Trinajstić information content (AvgIpc) is 2.97. The first-order valence-electron chi connectivity index (χ1n) is 6.88. The highest BCUT2D eigenvalue weighted by Gasteiger charge is 2.24. The van der Waals surface area contributed by atoms with Crippen LogP contribution in [0, 0.1) is 5.92 Å². The summed E-state index contributed by atoms with van der Waals surface area (Å²) < 4.78 is 0. The van der Waals surface area contributed by atoms with Gasteiger partial charge in [-0.2, -0.15) is 0 Å². The molecule has 1 aliphatic rings. The second-order valence-electron chi connectivity index (χ2n) is 5.39. The normalized spacial score (nSPS) is 23.3. The second-order valence-corrected chi connectivity index (χ2v) is 5.83. The van der Waals surface area contributed by atoms with Crippen LogP contribution in [-0.2, 0) is 6.54 Å². The largest absolute Gasteiger partial charge is 0.393 e. The molecular formula is C15H19ClN2O. The minimum absolute atomic E-state index is 0.116. The number of H-pyrrole nitrogens is 1. The van der Waals surface area contributed by atoms with Gasteiger partial charge in [-0.25, -0.2) is 0 Å². The molecule has 4 heteroatoms. The van der Waals surface area contributed by atoms with Gasteiger partial charge >= 0.3 is 0 Å². The van der Waals surface area contributed by atoms with Crippen molar-refractivity contribution in [2.45, 2.75) is 31.9 Å². The summed E-state index contributed by atoms with van der Waals surface area (Å²) in [5.41, 5.74) is 2.32. The second kappa shape index (κ2) is 5.53. The zero-order chi connectivity index (χ0) is 13.2. The summed E-state index contributed by atoms with van der Waals surface area (Å²) in [6.07, 6.45) is 5.16. The Morgan fingerprint density at radius 2 is 2.26 bits per heavy atom. The predicted molar refractivity (Wildman–Crippen MR) is 78.4 cm³/mol. The van der Waals surface area contributed by atoms with E-state index >= 15 is 0 Å². The molecule has 102 valence electrons. The number of aliphatic hydroxyl groups is 1. The van der Waals surface area contributed by atoms with Gasteiger partial charge in [0, 0.05) is 35.2 Å². The van der Waals surface area contributed by atoms with Crippen molar-refractivity contribution in [2.75, 3.05) is 6.54 Å². The maximum Gasteiger partial charge on any atom is 0.0580 e. The number of hydrogen-bond donors (Lipinski definition) is 3. The number of rotatable bonds is 4. The van der Waals surface area contributed by atoms with Crippen LogP contribution in [0.5, 0.6) is 0 Å². The SMILES string of the molecule is OC1CCCC1CNCc1c[nH]c2cc(Cl)ccc12.